The molecule has 0 radical (unpaired) electrons. The summed E-state index contributed by atoms with van der Waals surface area (Å²) < 4.78 is 1.68. The van der Waals surface area contributed by atoms with Gasteiger partial charge in [-0.1, -0.05) is 0 Å². The molecule has 3 rings (SSSR count). The smallest absolute Gasteiger partial charge is 0.245 e. The van der Waals surface area contributed by atoms with E-state index in [9.17, 15) is 9.90 Å². The van der Waals surface area contributed by atoms with Crippen LogP contribution in [0.2, 0.25) is 0 Å². The minimum absolute atomic E-state index is 0.00541. The van der Waals surface area contributed by atoms with Crippen molar-refractivity contribution in [3.05, 3.63) is 35.8 Å². The molecule has 2 N–H and O–H groups in total. The first kappa shape index (κ1) is 14.5. The summed E-state index contributed by atoms with van der Waals surface area (Å²) in [6.45, 7) is 2.87. The Morgan fingerprint density at radius 3 is 2.95 bits per heavy atom. The Morgan fingerprint density at radius 1 is 1.41 bits per heavy atom. The number of aromatic hydroxyl groups is 1. The number of hydrogen-bond acceptors (Lipinski definition) is 5. The average Bonchev–Trinajstić information content (AvgIpc) is 3.06. The van der Waals surface area contributed by atoms with Gasteiger partial charge < -0.3 is 5.11 Å². The van der Waals surface area contributed by atoms with Gasteiger partial charge in [0.1, 0.15) is 5.75 Å². The van der Waals surface area contributed by atoms with Crippen molar-refractivity contribution >= 4 is 11.7 Å². The zero-order valence-electron chi connectivity index (χ0n) is 12.7. The molecule has 0 bridgehead atoms. The van der Waals surface area contributed by atoms with Gasteiger partial charge in [-0.2, -0.15) is 5.10 Å². The molecule has 3 heterocycles. The third-order valence-corrected chi connectivity index (χ3v) is 3.79. The number of pyridine rings is 1. The van der Waals surface area contributed by atoms with Gasteiger partial charge in [0.25, 0.3) is 0 Å². The zero-order chi connectivity index (χ0) is 15.7. The first-order valence-electron chi connectivity index (χ1n) is 7.24. The number of aromatic nitrogens is 3. The molecule has 1 amide bonds. The molecule has 1 atom stereocenters. The highest BCUT2D eigenvalue weighted by Crippen LogP contribution is 2.20. The summed E-state index contributed by atoms with van der Waals surface area (Å²) in [5, 5.41) is 17.2. The molecular weight excluding hydrogens is 282 g/mol. The van der Waals surface area contributed by atoms with Crippen molar-refractivity contribution in [3.8, 4) is 5.75 Å². The van der Waals surface area contributed by atoms with E-state index in [1.54, 1.807) is 21.7 Å². The normalized spacial score (nSPS) is 18.2. The molecule has 1 fully saturated rings. The molecule has 7 heteroatoms. The van der Waals surface area contributed by atoms with Crippen LogP contribution in [-0.4, -0.2) is 38.4 Å². The number of carbonyl (C=O) groups is 1. The van der Waals surface area contributed by atoms with Crippen molar-refractivity contribution in [1.29, 1.82) is 0 Å². The first-order valence-corrected chi connectivity index (χ1v) is 7.24. The molecule has 2 aromatic heterocycles. The van der Waals surface area contributed by atoms with Crippen LogP contribution in [-0.2, 0) is 18.4 Å². The molecule has 116 valence electrons. The van der Waals surface area contributed by atoms with Gasteiger partial charge in [0.15, 0.2) is 5.82 Å². The predicted molar refractivity (Wildman–Crippen MR) is 81.4 cm³/mol. The van der Waals surface area contributed by atoms with Gasteiger partial charge in [-0.3, -0.25) is 24.7 Å². The monoisotopic (exact) mass is 301 g/mol. The fourth-order valence-corrected chi connectivity index (χ4v) is 2.60. The SMILES string of the molecule is Cc1ccc(O)c(CNC2CCN(c3ccn(C)n3)C2=O)n1. The highest BCUT2D eigenvalue weighted by Gasteiger charge is 2.33. The molecule has 0 aliphatic carbocycles. The van der Waals surface area contributed by atoms with E-state index < -0.39 is 0 Å². The Balaban J connectivity index is 1.65. The fraction of sp³-hybridized carbons (Fsp3) is 0.400. The molecule has 1 unspecified atom stereocenters. The van der Waals surface area contributed by atoms with Gasteiger partial charge in [-0.15, -0.1) is 0 Å². The van der Waals surface area contributed by atoms with Gasteiger partial charge in [0.2, 0.25) is 5.91 Å². The lowest BCUT2D eigenvalue weighted by Crippen LogP contribution is -2.38. The maximum atomic E-state index is 12.4. The second kappa shape index (κ2) is 5.76. The standard InChI is InChI=1S/C15H19N5O2/c1-10-3-4-13(21)12(17-10)9-16-11-5-8-20(15(11)22)14-6-7-19(2)18-14/h3-4,6-7,11,16,21H,5,8-9H2,1-2H3. The number of hydrogen-bond donors (Lipinski definition) is 2. The molecule has 0 saturated carbocycles. The number of rotatable bonds is 4. The van der Waals surface area contributed by atoms with Crippen LogP contribution in [0.4, 0.5) is 5.82 Å². The number of aryl methyl sites for hydroxylation is 2. The topological polar surface area (TPSA) is 83.3 Å². The van der Waals surface area contributed by atoms with Crippen molar-refractivity contribution in [2.75, 3.05) is 11.4 Å². The number of nitrogens with one attached hydrogen (secondary N) is 1. The van der Waals surface area contributed by atoms with E-state index in [-0.39, 0.29) is 17.7 Å². The van der Waals surface area contributed by atoms with Crippen molar-refractivity contribution < 1.29 is 9.90 Å². The van der Waals surface area contributed by atoms with Gasteiger partial charge in [0, 0.05) is 38.1 Å². The van der Waals surface area contributed by atoms with E-state index in [4.69, 9.17) is 0 Å². The second-order valence-electron chi connectivity index (χ2n) is 5.48. The summed E-state index contributed by atoms with van der Waals surface area (Å²) in [4.78, 5) is 18.4. The van der Waals surface area contributed by atoms with E-state index >= 15 is 0 Å². The first-order chi connectivity index (χ1) is 10.5. The molecule has 2 aromatic rings. The molecule has 0 aromatic carbocycles. The van der Waals surface area contributed by atoms with Gasteiger partial charge in [0.05, 0.1) is 11.7 Å². The maximum absolute atomic E-state index is 12.4. The van der Waals surface area contributed by atoms with Crippen molar-refractivity contribution in [3.63, 3.8) is 0 Å². The lowest BCUT2D eigenvalue weighted by atomic mass is 10.2. The van der Waals surface area contributed by atoms with E-state index in [0.717, 1.165) is 5.69 Å². The summed E-state index contributed by atoms with van der Waals surface area (Å²) in [5.41, 5.74) is 1.39. The van der Waals surface area contributed by atoms with Crippen LogP contribution in [0, 0.1) is 6.92 Å². The van der Waals surface area contributed by atoms with E-state index in [1.807, 2.05) is 26.2 Å². The molecule has 1 aliphatic rings. The summed E-state index contributed by atoms with van der Waals surface area (Å²) in [5.74, 6) is 0.823. The quantitative estimate of drug-likeness (QED) is 0.869. The summed E-state index contributed by atoms with van der Waals surface area (Å²) >= 11 is 0. The molecule has 1 saturated heterocycles. The van der Waals surface area contributed by atoms with Crippen molar-refractivity contribution in [2.45, 2.75) is 25.9 Å². The maximum Gasteiger partial charge on any atom is 0.245 e. The van der Waals surface area contributed by atoms with Crippen LogP contribution in [0.3, 0.4) is 0 Å². The molecule has 0 spiro atoms. The van der Waals surface area contributed by atoms with Crippen LogP contribution in [0.25, 0.3) is 0 Å². The Bertz CT molecular complexity index is 697. The third-order valence-electron chi connectivity index (χ3n) is 3.79. The minimum atomic E-state index is -0.274. The Kier molecular flexibility index (Phi) is 3.81. The van der Waals surface area contributed by atoms with Crippen LogP contribution >= 0.6 is 0 Å². The van der Waals surface area contributed by atoms with Crippen LogP contribution in [0.15, 0.2) is 24.4 Å². The van der Waals surface area contributed by atoms with Gasteiger partial charge >= 0.3 is 0 Å². The number of nitrogens with zero attached hydrogens (tertiary/aromatic N) is 4. The molecule has 22 heavy (non-hydrogen) atoms. The highest BCUT2D eigenvalue weighted by atomic mass is 16.3. The number of carbonyl (C=O) groups excluding carboxylic acids is 1. The Morgan fingerprint density at radius 2 is 2.23 bits per heavy atom. The lowest BCUT2D eigenvalue weighted by Gasteiger charge is -2.14. The average molecular weight is 301 g/mol. The zero-order valence-corrected chi connectivity index (χ0v) is 12.7. The third kappa shape index (κ3) is 2.80. The van der Waals surface area contributed by atoms with Crippen LogP contribution in [0.5, 0.6) is 5.75 Å². The lowest BCUT2D eigenvalue weighted by molar-refractivity contribution is -0.118. The summed E-state index contributed by atoms with van der Waals surface area (Å²) in [7, 11) is 1.83. The van der Waals surface area contributed by atoms with Gasteiger partial charge in [-0.05, 0) is 25.5 Å². The minimum Gasteiger partial charge on any atom is -0.506 e. The summed E-state index contributed by atoms with van der Waals surface area (Å²) in [6, 6.07) is 4.93. The number of amides is 1. The van der Waals surface area contributed by atoms with Crippen molar-refractivity contribution in [1.82, 2.24) is 20.1 Å². The highest BCUT2D eigenvalue weighted by molar-refractivity contribution is 5.98. The van der Waals surface area contributed by atoms with Crippen LogP contribution < -0.4 is 10.2 Å². The number of anilines is 1. The summed E-state index contributed by atoms with van der Waals surface area (Å²) in [6.07, 6.45) is 2.53. The van der Waals surface area contributed by atoms with Gasteiger partial charge in [-0.25, -0.2) is 0 Å². The van der Waals surface area contributed by atoms with E-state index in [1.165, 1.54) is 0 Å². The largest absolute Gasteiger partial charge is 0.506 e. The second-order valence-corrected chi connectivity index (χ2v) is 5.48. The molecule has 7 nitrogen and oxygen atoms in total. The van der Waals surface area contributed by atoms with Crippen molar-refractivity contribution in [2.24, 2.45) is 7.05 Å². The van der Waals surface area contributed by atoms with E-state index in [0.29, 0.717) is 31.0 Å². The molecular formula is C15H19N5O2. The Labute approximate surface area is 128 Å². The fourth-order valence-electron chi connectivity index (χ4n) is 2.60. The van der Waals surface area contributed by atoms with E-state index in [2.05, 4.69) is 15.4 Å². The molecule has 1 aliphatic heterocycles. The Hall–Kier alpha value is -2.41. The van der Waals surface area contributed by atoms with Crippen LogP contribution in [0.1, 0.15) is 17.8 Å². The predicted octanol–water partition coefficient (Wildman–Crippen LogP) is 0.724.